The molecule has 2 fully saturated rings. The Morgan fingerprint density at radius 1 is 1.11 bits per heavy atom. The number of hydrogen-bond acceptors (Lipinski definition) is 4. The Labute approximate surface area is 223 Å². The van der Waals surface area contributed by atoms with Crippen molar-refractivity contribution < 1.29 is 24.5 Å². The van der Waals surface area contributed by atoms with Crippen LogP contribution >= 0.6 is 0 Å². The van der Waals surface area contributed by atoms with Crippen molar-refractivity contribution in [2.24, 2.45) is 39.4 Å². The van der Waals surface area contributed by atoms with Gasteiger partial charge < -0.3 is 14.9 Å². The van der Waals surface area contributed by atoms with E-state index < -0.39 is 18.0 Å². The van der Waals surface area contributed by atoms with E-state index in [1.165, 1.54) is 23.6 Å². The van der Waals surface area contributed by atoms with Crippen molar-refractivity contribution >= 4 is 11.9 Å². The van der Waals surface area contributed by atoms with E-state index in [0.717, 1.165) is 32.1 Å². The van der Waals surface area contributed by atoms with Gasteiger partial charge in [-0.05, 0) is 86.7 Å². The van der Waals surface area contributed by atoms with E-state index in [2.05, 4.69) is 52.8 Å². The van der Waals surface area contributed by atoms with Gasteiger partial charge in [0.1, 0.15) is 6.10 Å². The first kappa shape index (κ1) is 28.1. The molecule has 0 heterocycles. The van der Waals surface area contributed by atoms with Gasteiger partial charge in [-0.15, -0.1) is 0 Å². The Bertz CT molecular complexity index is 1050. The average molecular weight is 513 g/mol. The molecule has 0 aromatic rings. The first-order chi connectivity index (χ1) is 17.1. The summed E-state index contributed by atoms with van der Waals surface area (Å²) in [5, 5.41) is 21.8. The van der Waals surface area contributed by atoms with Crippen LogP contribution in [0.25, 0.3) is 0 Å². The fraction of sp³-hybridized carbons (Fsp3) is 0.750. The van der Waals surface area contributed by atoms with Gasteiger partial charge in [-0.25, -0.2) is 0 Å². The third-order valence-electron chi connectivity index (χ3n) is 11.3. The monoisotopic (exact) mass is 512 g/mol. The lowest BCUT2D eigenvalue weighted by molar-refractivity contribution is -0.165. The maximum Gasteiger partial charge on any atom is 0.306 e. The van der Waals surface area contributed by atoms with E-state index in [-0.39, 0.29) is 39.7 Å². The van der Waals surface area contributed by atoms with Crippen molar-refractivity contribution in [3.8, 4) is 0 Å². The molecule has 0 radical (unpaired) electrons. The van der Waals surface area contributed by atoms with Crippen molar-refractivity contribution in [3.63, 3.8) is 0 Å². The Kier molecular flexibility index (Phi) is 7.14. The molecule has 0 aromatic heterocycles. The van der Waals surface area contributed by atoms with Crippen LogP contribution < -0.4 is 0 Å². The largest absolute Gasteiger partial charge is 0.481 e. The van der Waals surface area contributed by atoms with Crippen molar-refractivity contribution in [1.29, 1.82) is 0 Å². The molecule has 5 nitrogen and oxygen atoms in total. The zero-order valence-electron chi connectivity index (χ0n) is 24.2. The number of aliphatic carboxylic acids is 1. The van der Waals surface area contributed by atoms with Gasteiger partial charge >= 0.3 is 11.9 Å². The molecule has 4 aliphatic carbocycles. The first-order valence-corrected chi connectivity index (χ1v) is 14.2. The van der Waals surface area contributed by atoms with Gasteiger partial charge in [-0.2, -0.15) is 0 Å². The number of ether oxygens (including phenoxy) is 1. The van der Waals surface area contributed by atoms with Gasteiger partial charge in [0.05, 0.1) is 12.0 Å². The van der Waals surface area contributed by atoms with Crippen LogP contribution in [0.1, 0.15) is 100 Å². The minimum Gasteiger partial charge on any atom is -0.481 e. The van der Waals surface area contributed by atoms with E-state index in [1.807, 2.05) is 13.8 Å². The van der Waals surface area contributed by atoms with E-state index in [4.69, 9.17) is 4.74 Å². The van der Waals surface area contributed by atoms with Crippen molar-refractivity contribution in [2.75, 3.05) is 0 Å². The second-order valence-electron chi connectivity index (χ2n) is 14.0. The van der Waals surface area contributed by atoms with E-state index in [9.17, 15) is 19.8 Å². The SMILES string of the molecule is CC(=O)OC1CCC2(C)C3=CCC4(C)C(C(CCC=C(C)C)C(=O)O)C(O)CC4(C)C3=CCC2C1(C)C. The third kappa shape index (κ3) is 4.24. The lowest BCUT2D eigenvalue weighted by Crippen LogP contribution is -2.55. The molecule has 0 bridgehead atoms. The quantitative estimate of drug-likeness (QED) is 0.300. The number of carboxylic acid groups (broad SMARTS) is 1. The molecule has 206 valence electrons. The lowest BCUT2D eigenvalue weighted by atomic mass is 9.44. The highest BCUT2D eigenvalue weighted by Crippen LogP contribution is 2.71. The second kappa shape index (κ2) is 9.39. The van der Waals surface area contributed by atoms with Crippen molar-refractivity contribution in [3.05, 3.63) is 34.9 Å². The lowest BCUT2D eigenvalue weighted by Gasteiger charge is -2.61. The van der Waals surface area contributed by atoms with Crippen LogP contribution in [0.3, 0.4) is 0 Å². The number of carbonyl (C=O) groups is 2. The Hall–Kier alpha value is -1.88. The highest BCUT2D eigenvalue weighted by atomic mass is 16.5. The molecule has 5 heteroatoms. The molecule has 2 saturated carbocycles. The highest BCUT2D eigenvalue weighted by molar-refractivity contribution is 5.71. The van der Waals surface area contributed by atoms with E-state index >= 15 is 0 Å². The van der Waals surface area contributed by atoms with E-state index in [0.29, 0.717) is 18.8 Å². The van der Waals surface area contributed by atoms with Crippen LogP contribution in [0.15, 0.2) is 34.9 Å². The van der Waals surface area contributed by atoms with E-state index in [1.54, 1.807) is 0 Å². The predicted octanol–water partition coefficient (Wildman–Crippen LogP) is 6.86. The molecular weight excluding hydrogens is 464 g/mol. The van der Waals surface area contributed by atoms with Crippen LogP contribution in [0.2, 0.25) is 0 Å². The number of esters is 1. The first-order valence-electron chi connectivity index (χ1n) is 14.2. The highest BCUT2D eigenvalue weighted by Gasteiger charge is 2.66. The summed E-state index contributed by atoms with van der Waals surface area (Å²) in [6.45, 7) is 17.0. The minimum absolute atomic E-state index is 0.0345. The predicted molar refractivity (Wildman–Crippen MR) is 146 cm³/mol. The summed E-state index contributed by atoms with van der Waals surface area (Å²) in [4.78, 5) is 24.4. The molecule has 0 saturated heterocycles. The Morgan fingerprint density at radius 3 is 2.38 bits per heavy atom. The standard InChI is InChI=1S/C32H48O5/c1-19(2)10-9-11-21(28(35)36)27-24(34)18-32(8)23-12-13-25-29(4,5)26(37-20(3)33)15-16-30(25,6)22(23)14-17-31(27,32)7/h10,12,14,21,24-27,34H,9,11,13,15-18H2,1-8H3,(H,35,36). The van der Waals surface area contributed by atoms with Gasteiger partial charge in [-0.1, -0.05) is 58.4 Å². The molecule has 4 aliphatic rings. The average Bonchev–Trinajstić information content (AvgIpc) is 2.98. The topological polar surface area (TPSA) is 83.8 Å². The minimum atomic E-state index is -0.790. The van der Waals surface area contributed by atoms with Gasteiger partial charge in [-0.3, -0.25) is 9.59 Å². The summed E-state index contributed by atoms with van der Waals surface area (Å²) in [5.41, 5.74) is 3.12. The van der Waals surface area contributed by atoms with Gasteiger partial charge in [0.15, 0.2) is 0 Å². The molecule has 4 rings (SSSR count). The molecule has 8 atom stereocenters. The maximum absolute atomic E-state index is 12.5. The fourth-order valence-electron chi connectivity index (χ4n) is 9.22. The maximum atomic E-state index is 12.5. The number of rotatable bonds is 6. The van der Waals surface area contributed by atoms with Crippen LogP contribution in [0, 0.1) is 39.4 Å². The Morgan fingerprint density at radius 2 is 1.78 bits per heavy atom. The summed E-state index contributed by atoms with van der Waals surface area (Å²) < 4.78 is 5.79. The zero-order chi connectivity index (χ0) is 27.6. The number of hydrogen-bond donors (Lipinski definition) is 2. The van der Waals surface area contributed by atoms with Crippen LogP contribution in [0.4, 0.5) is 0 Å². The van der Waals surface area contributed by atoms with Crippen LogP contribution in [0.5, 0.6) is 0 Å². The van der Waals surface area contributed by atoms with Gasteiger partial charge in [0.25, 0.3) is 0 Å². The third-order valence-corrected chi connectivity index (χ3v) is 11.3. The van der Waals surface area contributed by atoms with Crippen LogP contribution in [-0.2, 0) is 14.3 Å². The summed E-state index contributed by atoms with van der Waals surface area (Å²) in [7, 11) is 0. The van der Waals surface area contributed by atoms with Gasteiger partial charge in [0, 0.05) is 23.7 Å². The van der Waals surface area contributed by atoms with Gasteiger partial charge in [0.2, 0.25) is 0 Å². The number of aliphatic hydroxyl groups is 1. The summed E-state index contributed by atoms with van der Waals surface area (Å²) >= 11 is 0. The molecule has 0 spiro atoms. The number of carboxylic acids is 1. The molecule has 8 unspecified atom stereocenters. The smallest absolute Gasteiger partial charge is 0.306 e. The normalized spacial score (nSPS) is 40.8. The summed E-state index contributed by atoms with van der Waals surface area (Å²) in [5.74, 6) is -1.52. The number of allylic oxidation sites excluding steroid dienone is 6. The molecule has 0 amide bonds. The second-order valence-corrected chi connectivity index (χ2v) is 14.0. The molecule has 37 heavy (non-hydrogen) atoms. The van der Waals surface area contributed by atoms with Crippen molar-refractivity contribution in [2.45, 2.75) is 113 Å². The number of aliphatic hydroxyl groups excluding tert-OH is 1. The summed E-state index contributed by atoms with van der Waals surface area (Å²) in [6, 6.07) is 0. The zero-order valence-corrected chi connectivity index (χ0v) is 24.2. The summed E-state index contributed by atoms with van der Waals surface area (Å²) in [6.07, 6.45) is 11.5. The molecule has 2 N–H and O–H groups in total. The van der Waals surface area contributed by atoms with Crippen LogP contribution in [-0.4, -0.2) is 34.4 Å². The number of carbonyl (C=O) groups excluding carboxylic acids is 1. The fourth-order valence-corrected chi connectivity index (χ4v) is 9.22. The number of fused-ring (bicyclic) bond motifs is 5. The molecule has 0 aromatic carbocycles. The Balaban J connectivity index is 1.71. The molecule has 0 aliphatic heterocycles. The molecular formula is C32H48O5. The van der Waals surface area contributed by atoms with Crippen molar-refractivity contribution in [1.82, 2.24) is 0 Å².